The molecule has 0 aliphatic carbocycles. The molecule has 0 spiro atoms. The normalized spacial score (nSPS) is 12.6. The third kappa shape index (κ3) is 1.88. The molecule has 19 heavy (non-hydrogen) atoms. The van der Waals surface area contributed by atoms with Gasteiger partial charge in [-0.15, -0.1) is 0 Å². The number of hydrogen-bond donors (Lipinski definition) is 0. The van der Waals surface area contributed by atoms with Gasteiger partial charge in [0.05, 0.1) is 36.1 Å². The number of aromatic nitrogens is 2. The van der Waals surface area contributed by atoms with Gasteiger partial charge >= 0.3 is 0 Å². The second kappa shape index (κ2) is 4.40. The summed E-state index contributed by atoms with van der Waals surface area (Å²) in [5, 5.41) is 17.9. The Bertz CT molecular complexity index is 723. The van der Waals surface area contributed by atoms with Gasteiger partial charge in [-0.1, -0.05) is 12.1 Å². The van der Waals surface area contributed by atoms with Crippen LogP contribution in [0.3, 0.4) is 0 Å². The van der Waals surface area contributed by atoms with E-state index in [4.69, 9.17) is 10.5 Å². The summed E-state index contributed by atoms with van der Waals surface area (Å²) in [5.74, 6) is 0. The van der Waals surface area contributed by atoms with Crippen LogP contribution < -0.4 is 0 Å². The van der Waals surface area contributed by atoms with Gasteiger partial charge in [0.2, 0.25) is 0 Å². The molecule has 1 radical (unpaired) electrons. The number of benzene rings is 1. The Kier molecular flexibility index (Phi) is 2.59. The Balaban J connectivity index is 2.11. The maximum absolute atomic E-state index is 8.96. The van der Waals surface area contributed by atoms with Crippen LogP contribution in [0.25, 0.3) is 11.3 Å². The summed E-state index contributed by atoms with van der Waals surface area (Å²) in [7, 11) is 0. The van der Waals surface area contributed by atoms with Crippen LogP contribution in [0.2, 0.25) is 0 Å². The third-order valence-electron chi connectivity index (χ3n) is 3.08. The first-order valence-corrected chi connectivity index (χ1v) is 5.73. The summed E-state index contributed by atoms with van der Waals surface area (Å²) < 4.78 is 0. The number of nitriles is 2. The maximum atomic E-state index is 8.96. The van der Waals surface area contributed by atoms with Gasteiger partial charge in [-0.3, -0.25) is 0 Å². The lowest BCUT2D eigenvalue weighted by Gasteiger charge is -2.06. The van der Waals surface area contributed by atoms with Crippen molar-refractivity contribution in [1.82, 2.24) is 14.9 Å². The summed E-state index contributed by atoms with van der Waals surface area (Å²) in [4.78, 5) is 9.89. The van der Waals surface area contributed by atoms with E-state index in [0.29, 0.717) is 18.7 Å². The highest BCUT2D eigenvalue weighted by atomic mass is 15.2. The van der Waals surface area contributed by atoms with Gasteiger partial charge in [-0.05, 0) is 12.1 Å². The van der Waals surface area contributed by atoms with Gasteiger partial charge < -0.3 is 4.90 Å². The molecule has 0 N–H and O–H groups in total. The number of fused-ring (bicyclic) bond motifs is 1. The molecule has 3 rings (SSSR count). The molecular formula is C14H8N5. The van der Waals surface area contributed by atoms with Gasteiger partial charge in [0.25, 0.3) is 0 Å². The van der Waals surface area contributed by atoms with Crippen molar-refractivity contribution in [1.29, 1.82) is 10.5 Å². The molecule has 1 aromatic carbocycles. The Morgan fingerprint density at radius 3 is 2.89 bits per heavy atom. The molecule has 1 aromatic heterocycles. The van der Waals surface area contributed by atoms with Crippen LogP contribution in [-0.2, 0) is 13.1 Å². The lowest BCUT2D eigenvalue weighted by Crippen LogP contribution is -2.07. The van der Waals surface area contributed by atoms with Crippen LogP contribution in [0.4, 0.5) is 0 Å². The molecule has 2 aromatic rings. The van der Waals surface area contributed by atoms with Crippen LogP contribution in [0, 0.1) is 29.1 Å². The van der Waals surface area contributed by atoms with Gasteiger partial charge in [0.1, 0.15) is 0 Å². The quantitative estimate of drug-likeness (QED) is 0.714. The highest BCUT2D eigenvalue weighted by Crippen LogP contribution is 2.29. The summed E-state index contributed by atoms with van der Waals surface area (Å²) in [6.07, 6.45) is 4.73. The van der Waals surface area contributed by atoms with E-state index in [-0.39, 0.29) is 0 Å². The van der Waals surface area contributed by atoms with E-state index in [9.17, 15) is 0 Å². The first-order chi connectivity index (χ1) is 9.31. The standard InChI is InChI=1S/C14H8N5/c15-5-10-2-1-3-11(4-10)14-12-6-19(8-16)7-13(12)17-9-18-14/h1-4H,6-7H2. The molecule has 5 nitrogen and oxygen atoms in total. The fourth-order valence-corrected chi connectivity index (χ4v) is 2.18. The first kappa shape index (κ1) is 11.2. The highest BCUT2D eigenvalue weighted by Gasteiger charge is 2.23. The lowest BCUT2D eigenvalue weighted by molar-refractivity contribution is 0.415. The van der Waals surface area contributed by atoms with Gasteiger partial charge in [-0.25, -0.2) is 9.97 Å². The van der Waals surface area contributed by atoms with Gasteiger partial charge in [0.15, 0.2) is 12.5 Å². The van der Waals surface area contributed by atoms with Crippen molar-refractivity contribution in [3.05, 3.63) is 47.4 Å². The summed E-state index contributed by atoms with van der Waals surface area (Å²) >= 11 is 0. The van der Waals surface area contributed by atoms with Crippen LogP contribution in [0.5, 0.6) is 0 Å². The van der Waals surface area contributed by atoms with Crippen LogP contribution in [-0.4, -0.2) is 14.9 Å². The fraction of sp³-hybridized carbons (Fsp3) is 0.143. The molecule has 0 fully saturated rings. The molecule has 1 aliphatic rings. The van der Waals surface area contributed by atoms with Gasteiger partial charge in [-0.2, -0.15) is 10.5 Å². The molecule has 0 saturated carbocycles. The zero-order chi connectivity index (χ0) is 13.2. The van der Waals surface area contributed by atoms with E-state index in [2.05, 4.69) is 28.6 Å². The predicted molar refractivity (Wildman–Crippen MR) is 65.9 cm³/mol. The van der Waals surface area contributed by atoms with E-state index < -0.39 is 0 Å². The Labute approximate surface area is 110 Å². The Morgan fingerprint density at radius 1 is 1.21 bits per heavy atom. The van der Waals surface area contributed by atoms with Gasteiger partial charge in [0, 0.05) is 11.1 Å². The van der Waals surface area contributed by atoms with E-state index in [1.165, 1.54) is 0 Å². The van der Waals surface area contributed by atoms with Crippen molar-refractivity contribution in [3.63, 3.8) is 0 Å². The van der Waals surface area contributed by atoms with Crippen molar-refractivity contribution in [2.24, 2.45) is 0 Å². The Hall–Kier alpha value is -2.92. The van der Waals surface area contributed by atoms with Crippen molar-refractivity contribution < 1.29 is 0 Å². The molecule has 0 saturated heterocycles. The molecule has 89 valence electrons. The largest absolute Gasteiger partial charge is 0.300 e. The molecule has 5 heteroatoms. The minimum absolute atomic E-state index is 0.496. The van der Waals surface area contributed by atoms with Crippen molar-refractivity contribution in [2.45, 2.75) is 13.1 Å². The third-order valence-corrected chi connectivity index (χ3v) is 3.08. The average Bonchev–Trinajstić information content (AvgIpc) is 2.90. The maximum Gasteiger partial charge on any atom is 0.198 e. The van der Waals surface area contributed by atoms with Crippen molar-refractivity contribution >= 4 is 0 Å². The Morgan fingerprint density at radius 2 is 2.11 bits per heavy atom. The van der Waals surface area contributed by atoms with E-state index in [0.717, 1.165) is 22.5 Å². The van der Waals surface area contributed by atoms with E-state index in [1.807, 2.05) is 12.1 Å². The molecule has 2 heterocycles. The SMILES string of the molecule is N#Cc1cccc(-c2n[c]nc3c2CN(C#N)C3)c1. The zero-order valence-electron chi connectivity index (χ0n) is 9.96. The number of hydrogen-bond acceptors (Lipinski definition) is 5. The molecular weight excluding hydrogens is 238 g/mol. The summed E-state index contributed by atoms with van der Waals surface area (Å²) in [5.41, 5.74) is 3.96. The molecule has 0 unspecified atom stereocenters. The van der Waals surface area contributed by atoms with Crippen molar-refractivity contribution in [3.8, 4) is 23.5 Å². The summed E-state index contributed by atoms with van der Waals surface area (Å²) in [6.45, 7) is 1.00. The van der Waals surface area contributed by atoms with Crippen molar-refractivity contribution in [2.75, 3.05) is 0 Å². The molecule has 0 bridgehead atoms. The number of nitrogens with zero attached hydrogens (tertiary/aromatic N) is 5. The smallest absolute Gasteiger partial charge is 0.198 e. The lowest BCUT2D eigenvalue weighted by atomic mass is 10.0. The fourth-order valence-electron chi connectivity index (χ4n) is 2.18. The van der Waals surface area contributed by atoms with Crippen LogP contribution in [0.1, 0.15) is 16.8 Å². The molecule has 0 atom stereocenters. The predicted octanol–water partition coefficient (Wildman–Crippen LogP) is 1.61. The topological polar surface area (TPSA) is 76.6 Å². The second-order valence-corrected chi connectivity index (χ2v) is 4.25. The first-order valence-electron chi connectivity index (χ1n) is 5.73. The van der Waals surface area contributed by atoms with Crippen LogP contribution in [0.15, 0.2) is 24.3 Å². The monoisotopic (exact) mass is 246 g/mol. The van der Waals surface area contributed by atoms with E-state index in [1.54, 1.807) is 17.0 Å². The molecule has 0 amide bonds. The highest BCUT2D eigenvalue weighted by molar-refractivity contribution is 5.65. The second-order valence-electron chi connectivity index (χ2n) is 4.25. The van der Waals surface area contributed by atoms with E-state index >= 15 is 0 Å². The summed E-state index contributed by atoms with van der Waals surface area (Å²) in [6, 6.07) is 9.35. The zero-order valence-corrected chi connectivity index (χ0v) is 9.96. The molecule has 1 aliphatic heterocycles. The average molecular weight is 246 g/mol. The number of rotatable bonds is 1. The van der Waals surface area contributed by atoms with Crippen LogP contribution >= 0.6 is 0 Å². The minimum atomic E-state index is 0.496. The minimum Gasteiger partial charge on any atom is -0.300 e.